The van der Waals surface area contributed by atoms with Gasteiger partial charge < -0.3 is 10.6 Å². The van der Waals surface area contributed by atoms with Crippen LogP contribution < -0.4 is 10.6 Å². The van der Waals surface area contributed by atoms with Gasteiger partial charge in [0.05, 0.1) is 10.7 Å². The molecule has 4 heteroatoms. The van der Waals surface area contributed by atoms with Crippen LogP contribution >= 0.6 is 11.6 Å². The van der Waals surface area contributed by atoms with Crippen molar-refractivity contribution in [1.29, 1.82) is 0 Å². The first kappa shape index (κ1) is 9.74. The Morgan fingerprint density at radius 2 is 2.29 bits per heavy atom. The number of benzene rings is 1. The lowest BCUT2D eigenvalue weighted by Crippen LogP contribution is -2.26. The average molecular weight is 215 g/mol. The van der Waals surface area contributed by atoms with Gasteiger partial charge in [0.25, 0.3) is 0 Å². The fourth-order valence-electron chi connectivity index (χ4n) is 1.74. The van der Waals surface area contributed by atoms with Gasteiger partial charge in [-0.25, -0.2) is 4.39 Å². The molecule has 76 valence electrons. The fourth-order valence-corrected chi connectivity index (χ4v) is 1.91. The molecule has 1 unspecified atom stereocenters. The molecule has 2 nitrogen and oxygen atoms in total. The van der Waals surface area contributed by atoms with E-state index in [1.165, 1.54) is 0 Å². The zero-order chi connectivity index (χ0) is 10.1. The maximum atomic E-state index is 13.6. The fraction of sp³-hybridized carbons (Fsp3) is 0.400. The topological polar surface area (TPSA) is 29.3 Å². The summed E-state index contributed by atoms with van der Waals surface area (Å²) in [5.74, 6) is -0.344. The van der Waals surface area contributed by atoms with Crippen LogP contribution in [-0.4, -0.2) is 19.1 Å². The Balaban J connectivity index is 2.28. The molecule has 2 rings (SSSR count). The number of rotatable bonds is 1. The van der Waals surface area contributed by atoms with Crippen molar-refractivity contribution >= 4 is 17.3 Å². The second kappa shape index (κ2) is 3.75. The van der Waals surface area contributed by atoms with Crippen LogP contribution in [0.4, 0.5) is 10.1 Å². The number of nitrogens with two attached hydrogens (primary N) is 1. The highest BCUT2D eigenvalue weighted by Crippen LogP contribution is 2.27. The highest BCUT2D eigenvalue weighted by molar-refractivity contribution is 6.31. The van der Waals surface area contributed by atoms with E-state index >= 15 is 0 Å². The number of hydrogen-bond acceptors (Lipinski definition) is 2. The Kier molecular flexibility index (Phi) is 2.61. The molecule has 1 saturated heterocycles. The third kappa shape index (κ3) is 1.70. The van der Waals surface area contributed by atoms with E-state index in [0.29, 0.717) is 12.2 Å². The monoisotopic (exact) mass is 214 g/mol. The first-order chi connectivity index (χ1) is 6.68. The summed E-state index contributed by atoms with van der Waals surface area (Å²) in [5, 5.41) is 0.169. The van der Waals surface area contributed by atoms with Gasteiger partial charge >= 0.3 is 0 Å². The molecule has 0 spiro atoms. The molecule has 1 atom stereocenters. The van der Waals surface area contributed by atoms with E-state index in [1.807, 2.05) is 4.90 Å². The zero-order valence-corrected chi connectivity index (χ0v) is 8.47. The quantitative estimate of drug-likeness (QED) is 0.775. The van der Waals surface area contributed by atoms with Gasteiger partial charge in [-0.1, -0.05) is 17.7 Å². The van der Waals surface area contributed by atoms with Gasteiger partial charge in [0.2, 0.25) is 0 Å². The number of halogens is 2. The highest BCUT2D eigenvalue weighted by Gasteiger charge is 2.22. The van der Waals surface area contributed by atoms with Crippen LogP contribution in [0.15, 0.2) is 18.2 Å². The van der Waals surface area contributed by atoms with Crippen molar-refractivity contribution in [3.05, 3.63) is 29.0 Å². The van der Waals surface area contributed by atoms with Crippen LogP contribution in [0.1, 0.15) is 6.42 Å². The molecular weight excluding hydrogens is 203 g/mol. The molecule has 14 heavy (non-hydrogen) atoms. The van der Waals surface area contributed by atoms with E-state index in [1.54, 1.807) is 18.2 Å². The Hall–Kier alpha value is -0.800. The Labute approximate surface area is 87.5 Å². The van der Waals surface area contributed by atoms with Crippen molar-refractivity contribution in [2.75, 3.05) is 18.0 Å². The molecule has 0 saturated carbocycles. The molecular formula is C10H12ClFN2. The Morgan fingerprint density at radius 3 is 2.93 bits per heavy atom. The lowest BCUT2D eigenvalue weighted by atomic mass is 10.3. The molecule has 2 N–H and O–H groups in total. The highest BCUT2D eigenvalue weighted by atomic mass is 35.5. The van der Waals surface area contributed by atoms with Gasteiger partial charge in [-0.3, -0.25) is 0 Å². The molecule has 0 aliphatic carbocycles. The summed E-state index contributed by atoms with van der Waals surface area (Å²) >= 11 is 5.70. The van der Waals surface area contributed by atoms with Gasteiger partial charge in [-0.15, -0.1) is 0 Å². The molecule has 1 aromatic rings. The molecule has 0 aromatic heterocycles. The van der Waals surface area contributed by atoms with Crippen molar-refractivity contribution in [1.82, 2.24) is 0 Å². The predicted molar refractivity (Wildman–Crippen MR) is 56.2 cm³/mol. The van der Waals surface area contributed by atoms with Gasteiger partial charge in [0.1, 0.15) is 0 Å². The van der Waals surface area contributed by atoms with Crippen LogP contribution in [0.25, 0.3) is 0 Å². The second-order valence-electron chi connectivity index (χ2n) is 3.57. The first-order valence-corrected chi connectivity index (χ1v) is 5.01. The van der Waals surface area contributed by atoms with Crippen molar-refractivity contribution in [3.8, 4) is 0 Å². The lowest BCUT2D eigenvalue weighted by Gasteiger charge is -2.18. The maximum Gasteiger partial charge on any atom is 0.165 e. The molecule has 1 aliphatic rings. The predicted octanol–water partition coefficient (Wildman–Crippen LogP) is 2.02. The van der Waals surface area contributed by atoms with Gasteiger partial charge in [-0.05, 0) is 18.6 Å². The molecule has 1 aliphatic heterocycles. The molecule has 1 heterocycles. The maximum absolute atomic E-state index is 13.6. The summed E-state index contributed by atoms with van der Waals surface area (Å²) < 4.78 is 13.6. The molecule has 1 fully saturated rings. The van der Waals surface area contributed by atoms with Crippen LogP contribution in [-0.2, 0) is 0 Å². The molecule has 0 radical (unpaired) electrons. The molecule has 1 aromatic carbocycles. The van der Waals surface area contributed by atoms with Crippen molar-refractivity contribution in [2.45, 2.75) is 12.5 Å². The third-order valence-electron chi connectivity index (χ3n) is 2.50. The summed E-state index contributed by atoms with van der Waals surface area (Å²) in [7, 11) is 0. The van der Waals surface area contributed by atoms with Crippen molar-refractivity contribution in [2.24, 2.45) is 5.73 Å². The minimum atomic E-state index is -0.344. The first-order valence-electron chi connectivity index (χ1n) is 4.63. The molecule has 0 amide bonds. The van der Waals surface area contributed by atoms with E-state index in [2.05, 4.69) is 0 Å². The Bertz CT molecular complexity index is 343. The molecule has 0 bridgehead atoms. The largest absolute Gasteiger partial charge is 0.368 e. The SMILES string of the molecule is NC1CCN(c2cccc(Cl)c2F)C1. The summed E-state index contributed by atoms with van der Waals surface area (Å²) in [6.07, 6.45) is 0.909. The van der Waals surface area contributed by atoms with Crippen LogP contribution in [0.5, 0.6) is 0 Å². The number of anilines is 1. The van der Waals surface area contributed by atoms with Crippen LogP contribution in [0.2, 0.25) is 5.02 Å². The van der Waals surface area contributed by atoms with E-state index in [4.69, 9.17) is 17.3 Å². The number of hydrogen-bond donors (Lipinski definition) is 1. The van der Waals surface area contributed by atoms with E-state index in [0.717, 1.165) is 13.0 Å². The summed E-state index contributed by atoms with van der Waals surface area (Å²) in [6, 6.07) is 5.19. The lowest BCUT2D eigenvalue weighted by molar-refractivity contribution is 0.623. The van der Waals surface area contributed by atoms with Gasteiger partial charge in [0.15, 0.2) is 5.82 Å². The average Bonchev–Trinajstić information content (AvgIpc) is 2.57. The van der Waals surface area contributed by atoms with Crippen LogP contribution in [0.3, 0.4) is 0 Å². The zero-order valence-electron chi connectivity index (χ0n) is 7.71. The summed E-state index contributed by atoms with van der Waals surface area (Å²) in [4.78, 5) is 1.94. The standard InChI is InChI=1S/C10H12ClFN2/c11-8-2-1-3-9(10(8)12)14-5-4-7(13)6-14/h1-3,7H,4-6,13H2. The minimum Gasteiger partial charge on any atom is -0.368 e. The van der Waals surface area contributed by atoms with E-state index in [9.17, 15) is 4.39 Å². The summed E-state index contributed by atoms with van der Waals surface area (Å²) in [6.45, 7) is 1.51. The number of nitrogens with zero attached hydrogens (tertiary/aromatic N) is 1. The van der Waals surface area contributed by atoms with Crippen molar-refractivity contribution in [3.63, 3.8) is 0 Å². The third-order valence-corrected chi connectivity index (χ3v) is 2.79. The van der Waals surface area contributed by atoms with E-state index < -0.39 is 0 Å². The van der Waals surface area contributed by atoms with Gasteiger partial charge in [0, 0.05) is 19.1 Å². The van der Waals surface area contributed by atoms with E-state index in [-0.39, 0.29) is 16.9 Å². The normalized spacial score (nSPS) is 21.6. The minimum absolute atomic E-state index is 0.147. The second-order valence-corrected chi connectivity index (χ2v) is 3.97. The summed E-state index contributed by atoms with van der Waals surface area (Å²) in [5.41, 5.74) is 6.31. The van der Waals surface area contributed by atoms with Gasteiger partial charge in [-0.2, -0.15) is 0 Å². The van der Waals surface area contributed by atoms with Crippen LogP contribution in [0, 0.1) is 5.82 Å². The Morgan fingerprint density at radius 1 is 1.50 bits per heavy atom. The smallest absolute Gasteiger partial charge is 0.165 e. The van der Waals surface area contributed by atoms with Crippen molar-refractivity contribution < 1.29 is 4.39 Å².